The first kappa shape index (κ1) is 14.7. The molecule has 1 atom stereocenters. The van der Waals surface area contributed by atoms with Gasteiger partial charge in [-0.15, -0.1) is 0 Å². The molecule has 2 aromatic rings. The van der Waals surface area contributed by atoms with E-state index in [4.69, 9.17) is 4.74 Å². The largest absolute Gasteiger partial charge is 0.370 e. The van der Waals surface area contributed by atoms with Gasteiger partial charge in [0.25, 0.3) is 5.91 Å². The number of ether oxygens (including phenoxy) is 1. The second-order valence-corrected chi connectivity index (χ2v) is 5.15. The molecular weight excluding hydrogens is 288 g/mol. The van der Waals surface area contributed by atoms with Gasteiger partial charge >= 0.3 is 0 Å². The van der Waals surface area contributed by atoms with E-state index in [0.717, 1.165) is 17.7 Å². The molecule has 2 aromatic carbocycles. The molecule has 1 saturated heterocycles. The maximum Gasteiger partial charge on any atom is 0.254 e. The average molecular weight is 303 g/mol. The Kier molecular flexibility index (Phi) is 4.15. The molecule has 114 valence electrons. The minimum Gasteiger partial charge on any atom is -0.370 e. The minimum absolute atomic E-state index is 0.146. The molecule has 0 aromatic heterocycles. The first-order chi connectivity index (χ1) is 10.6. The Bertz CT molecular complexity index is 676. The topological polar surface area (TPSA) is 29.5 Å². The Hall–Kier alpha value is -2.27. The SMILES string of the molecule is O=C(c1ccc(F)c(F)c1)N1CCO[C@H](c2ccccc2)C1. The fourth-order valence-corrected chi connectivity index (χ4v) is 2.51. The van der Waals surface area contributed by atoms with Gasteiger partial charge in [0.05, 0.1) is 13.2 Å². The Morgan fingerprint density at radius 1 is 1.09 bits per heavy atom. The van der Waals surface area contributed by atoms with Crippen LogP contribution in [0.4, 0.5) is 8.78 Å². The number of halogens is 2. The molecule has 1 aliphatic heterocycles. The van der Waals surface area contributed by atoms with Crippen LogP contribution in [-0.4, -0.2) is 30.5 Å². The van der Waals surface area contributed by atoms with Crippen molar-refractivity contribution >= 4 is 5.91 Å². The maximum atomic E-state index is 13.3. The normalized spacial score (nSPS) is 18.3. The fourth-order valence-electron chi connectivity index (χ4n) is 2.51. The van der Waals surface area contributed by atoms with Crippen LogP contribution in [-0.2, 0) is 4.74 Å². The third kappa shape index (κ3) is 2.99. The molecule has 1 amide bonds. The predicted molar refractivity (Wildman–Crippen MR) is 77.4 cm³/mol. The molecule has 0 N–H and O–H groups in total. The van der Waals surface area contributed by atoms with Crippen molar-refractivity contribution in [2.24, 2.45) is 0 Å². The molecule has 0 aliphatic carbocycles. The van der Waals surface area contributed by atoms with E-state index in [9.17, 15) is 13.6 Å². The highest BCUT2D eigenvalue weighted by Gasteiger charge is 2.26. The lowest BCUT2D eigenvalue weighted by Crippen LogP contribution is -2.42. The van der Waals surface area contributed by atoms with Gasteiger partial charge in [0.1, 0.15) is 6.10 Å². The van der Waals surface area contributed by atoms with Gasteiger partial charge in [-0.3, -0.25) is 4.79 Å². The summed E-state index contributed by atoms with van der Waals surface area (Å²) in [7, 11) is 0. The number of hydrogen-bond donors (Lipinski definition) is 0. The maximum absolute atomic E-state index is 13.3. The molecule has 1 aliphatic rings. The molecule has 0 spiro atoms. The van der Waals surface area contributed by atoms with Crippen molar-refractivity contribution in [2.75, 3.05) is 19.7 Å². The van der Waals surface area contributed by atoms with E-state index in [1.54, 1.807) is 4.90 Å². The number of rotatable bonds is 2. The van der Waals surface area contributed by atoms with E-state index in [2.05, 4.69) is 0 Å². The van der Waals surface area contributed by atoms with Crippen molar-refractivity contribution in [3.05, 3.63) is 71.3 Å². The van der Waals surface area contributed by atoms with Crippen LogP contribution in [0, 0.1) is 11.6 Å². The smallest absolute Gasteiger partial charge is 0.254 e. The van der Waals surface area contributed by atoms with Gasteiger partial charge < -0.3 is 9.64 Å². The first-order valence-corrected chi connectivity index (χ1v) is 7.06. The van der Waals surface area contributed by atoms with Crippen molar-refractivity contribution in [1.82, 2.24) is 4.90 Å². The quantitative estimate of drug-likeness (QED) is 0.853. The molecular formula is C17H15F2NO2. The summed E-state index contributed by atoms with van der Waals surface area (Å²) in [5.74, 6) is -2.29. The predicted octanol–water partition coefficient (Wildman–Crippen LogP) is 3.18. The third-order valence-electron chi connectivity index (χ3n) is 3.69. The van der Waals surface area contributed by atoms with E-state index >= 15 is 0 Å². The zero-order valence-electron chi connectivity index (χ0n) is 11.8. The number of morpholine rings is 1. The van der Waals surface area contributed by atoms with Crippen LogP contribution >= 0.6 is 0 Å². The summed E-state index contributed by atoms with van der Waals surface area (Å²) < 4.78 is 31.9. The number of carbonyl (C=O) groups is 1. The van der Waals surface area contributed by atoms with Crippen LogP contribution < -0.4 is 0 Å². The first-order valence-electron chi connectivity index (χ1n) is 7.06. The summed E-state index contributed by atoms with van der Waals surface area (Å²) in [5.41, 5.74) is 1.14. The van der Waals surface area contributed by atoms with Crippen molar-refractivity contribution < 1.29 is 18.3 Å². The Morgan fingerprint density at radius 3 is 2.59 bits per heavy atom. The van der Waals surface area contributed by atoms with E-state index in [-0.39, 0.29) is 17.6 Å². The van der Waals surface area contributed by atoms with Crippen LogP contribution in [0.5, 0.6) is 0 Å². The molecule has 1 fully saturated rings. The summed E-state index contributed by atoms with van der Waals surface area (Å²) in [6.45, 7) is 1.23. The molecule has 1 heterocycles. The fraction of sp³-hybridized carbons (Fsp3) is 0.235. The van der Waals surface area contributed by atoms with Crippen molar-refractivity contribution in [3.63, 3.8) is 0 Å². The molecule has 3 rings (SSSR count). The van der Waals surface area contributed by atoms with Crippen molar-refractivity contribution in [3.8, 4) is 0 Å². The number of carbonyl (C=O) groups excluding carboxylic acids is 1. The summed E-state index contributed by atoms with van der Waals surface area (Å²) in [4.78, 5) is 14.0. The lowest BCUT2D eigenvalue weighted by Gasteiger charge is -2.33. The molecule has 0 bridgehead atoms. The van der Waals surface area contributed by atoms with E-state index < -0.39 is 11.6 Å². The molecule has 5 heteroatoms. The lowest BCUT2D eigenvalue weighted by atomic mass is 10.1. The van der Waals surface area contributed by atoms with E-state index in [0.29, 0.717) is 19.7 Å². The monoisotopic (exact) mass is 303 g/mol. The Labute approximate surface area is 127 Å². The van der Waals surface area contributed by atoms with E-state index in [1.165, 1.54) is 6.07 Å². The van der Waals surface area contributed by atoms with Gasteiger partial charge in [0, 0.05) is 12.1 Å². The van der Waals surface area contributed by atoms with Gasteiger partial charge in [-0.2, -0.15) is 0 Å². The number of benzene rings is 2. The summed E-state index contributed by atoms with van der Waals surface area (Å²) in [5, 5.41) is 0. The number of hydrogen-bond acceptors (Lipinski definition) is 2. The molecule has 3 nitrogen and oxygen atoms in total. The lowest BCUT2D eigenvalue weighted by molar-refractivity contribution is -0.0228. The zero-order chi connectivity index (χ0) is 15.5. The molecule has 0 saturated carbocycles. The second kappa shape index (κ2) is 6.23. The van der Waals surface area contributed by atoms with Crippen LogP contribution in [0.3, 0.4) is 0 Å². The van der Waals surface area contributed by atoms with E-state index in [1.807, 2.05) is 30.3 Å². The van der Waals surface area contributed by atoms with Gasteiger partial charge in [-0.25, -0.2) is 8.78 Å². The van der Waals surface area contributed by atoms with Crippen molar-refractivity contribution in [2.45, 2.75) is 6.10 Å². The van der Waals surface area contributed by atoms with Crippen LogP contribution in [0.25, 0.3) is 0 Å². The summed E-state index contributed by atoms with van der Waals surface area (Å²) in [6, 6.07) is 12.8. The standard InChI is InChI=1S/C17H15F2NO2/c18-14-7-6-13(10-15(14)19)17(21)20-8-9-22-16(11-20)12-4-2-1-3-5-12/h1-7,10,16H,8-9,11H2/t16-/m0/s1. The molecule has 22 heavy (non-hydrogen) atoms. The average Bonchev–Trinajstić information content (AvgIpc) is 2.57. The highest BCUT2D eigenvalue weighted by Crippen LogP contribution is 2.23. The Balaban J connectivity index is 1.76. The Morgan fingerprint density at radius 2 is 1.86 bits per heavy atom. The zero-order valence-corrected chi connectivity index (χ0v) is 11.8. The second-order valence-electron chi connectivity index (χ2n) is 5.15. The minimum atomic E-state index is -1.02. The highest BCUT2D eigenvalue weighted by molar-refractivity contribution is 5.94. The van der Waals surface area contributed by atoms with Gasteiger partial charge in [0.2, 0.25) is 0 Å². The van der Waals surface area contributed by atoms with Gasteiger partial charge in [-0.1, -0.05) is 30.3 Å². The molecule has 0 radical (unpaired) electrons. The summed E-state index contributed by atoms with van der Waals surface area (Å²) in [6.07, 6.45) is -0.204. The number of nitrogens with zero attached hydrogens (tertiary/aromatic N) is 1. The van der Waals surface area contributed by atoms with Gasteiger partial charge in [0.15, 0.2) is 11.6 Å². The highest BCUT2D eigenvalue weighted by atomic mass is 19.2. The summed E-state index contributed by atoms with van der Waals surface area (Å²) >= 11 is 0. The number of amides is 1. The third-order valence-corrected chi connectivity index (χ3v) is 3.69. The molecule has 0 unspecified atom stereocenters. The van der Waals surface area contributed by atoms with Gasteiger partial charge in [-0.05, 0) is 23.8 Å². The van der Waals surface area contributed by atoms with Crippen LogP contribution in [0.1, 0.15) is 22.0 Å². The van der Waals surface area contributed by atoms with Crippen LogP contribution in [0.2, 0.25) is 0 Å². The van der Waals surface area contributed by atoms with Crippen molar-refractivity contribution in [1.29, 1.82) is 0 Å². The van der Waals surface area contributed by atoms with Crippen LogP contribution in [0.15, 0.2) is 48.5 Å².